The lowest BCUT2D eigenvalue weighted by atomic mass is 10.0. The lowest BCUT2D eigenvalue weighted by molar-refractivity contribution is -0.117. The van der Waals surface area contributed by atoms with Crippen molar-refractivity contribution in [3.8, 4) is 5.75 Å². The fourth-order valence-electron chi connectivity index (χ4n) is 1.94. The third-order valence-electron chi connectivity index (χ3n) is 2.83. The fraction of sp³-hybridized carbons (Fsp3) is 0.500. The summed E-state index contributed by atoms with van der Waals surface area (Å²) in [5, 5.41) is 2.85. The number of amides is 1. The molecule has 0 saturated heterocycles. The number of ether oxygens (including phenoxy) is 1. The fourth-order valence-corrected chi connectivity index (χ4v) is 1.94. The minimum absolute atomic E-state index is 0. The van der Waals surface area contributed by atoms with E-state index in [4.69, 9.17) is 10.5 Å². The van der Waals surface area contributed by atoms with Crippen molar-refractivity contribution in [1.29, 1.82) is 0 Å². The first-order valence-corrected chi connectivity index (χ1v) is 6.30. The molecule has 3 N–H and O–H groups in total. The highest BCUT2D eigenvalue weighted by atomic mass is 35.5. The predicted molar refractivity (Wildman–Crippen MR) is 82.0 cm³/mol. The van der Waals surface area contributed by atoms with Crippen LogP contribution in [-0.4, -0.2) is 13.0 Å². The third kappa shape index (κ3) is 5.83. The number of anilines is 2. The maximum atomic E-state index is 11.8. The van der Waals surface area contributed by atoms with Gasteiger partial charge in [0.1, 0.15) is 5.75 Å². The molecule has 0 aliphatic rings. The average molecular weight is 287 g/mol. The van der Waals surface area contributed by atoms with E-state index in [9.17, 15) is 4.79 Å². The first-order valence-electron chi connectivity index (χ1n) is 6.30. The molecule has 0 spiro atoms. The average Bonchev–Trinajstić information content (AvgIpc) is 2.29. The molecule has 0 fully saturated rings. The van der Waals surface area contributed by atoms with E-state index in [1.165, 1.54) is 0 Å². The topological polar surface area (TPSA) is 64.3 Å². The van der Waals surface area contributed by atoms with Gasteiger partial charge in [0.15, 0.2) is 0 Å². The highest BCUT2D eigenvalue weighted by Crippen LogP contribution is 2.24. The van der Waals surface area contributed by atoms with Gasteiger partial charge >= 0.3 is 0 Å². The Morgan fingerprint density at radius 1 is 1.47 bits per heavy atom. The summed E-state index contributed by atoms with van der Waals surface area (Å²) in [6, 6.07) is 5.25. The van der Waals surface area contributed by atoms with Crippen molar-refractivity contribution in [2.75, 3.05) is 18.2 Å². The summed E-state index contributed by atoms with van der Waals surface area (Å²) in [6.45, 7) is 4.21. The number of carbonyl (C=O) groups is 1. The Balaban J connectivity index is 0.00000324. The van der Waals surface area contributed by atoms with Gasteiger partial charge in [-0.05, 0) is 24.1 Å². The molecule has 1 aromatic carbocycles. The van der Waals surface area contributed by atoms with Crippen LogP contribution in [-0.2, 0) is 4.79 Å². The summed E-state index contributed by atoms with van der Waals surface area (Å²) >= 11 is 0. The highest BCUT2D eigenvalue weighted by molar-refractivity contribution is 5.91. The summed E-state index contributed by atoms with van der Waals surface area (Å²) in [4.78, 5) is 11.8. The smallest absolute Gasteiger partial charge is 0.224 e. The zero-order chi connectivity index (χ0) is 13.5. The molecule has 108 valence electrons. The van der Waals surface area contributed by atoms with Crippen LogP contribution in [0.2, 0.25) is 0 Å². The molecule has 1 amide bonds. The van der Waals surface area contributed by atoms with Gasteiger partial charge < -0.3 is 15.8 Å². The summed E-state index contributed by atoms with van der Waals surface area (Å²) in [6.07, 6.45) is 2.71. The Hall–Kier alpha value is -1.42. The largest absolute Gasteiger partial charge is 0.495 e. The maximum Gasteiger partial charge on any atom is 0.224 e. The molecule has 1 atom stereocenters. The molecule has 0 aliphatic carbocycles. The number of hydrogen-bond acceptors (Lipinski definition) is 3. The van der Waals surface area contributed by atoms with E-state index in [-0.39, 0.29) is 18.3 Å². The van der Waals surface area contributed by atoms with E-state index < -0.39 is 0 Å². The van der Waals surface area contributed by atoms with Gasteiger partial charge in [-0.25, -0.2) is 0 Å². The van der Waals surface area contributed by atoms with Crippen molar-refractivity contribution in [3.05, 3.63) is 18.2 Å². The summed E-state index contributed by atoms with van der Waals surface area (Å²) in [5.41, 5.74) is 7.02. The zero-order valence-electron chi connectivity index (χ0n) is 11.7. The van der Waals surface area contributed by atoms with Gasteiger partial charge in [0.05, 0.1) is 12.8 Å². The summed E-state index contributed by atoms with van der Waals surface area (Å²) in [7, 11) is 1.57. The minimum Gasteiger partial charge on any atom is -0.495 e. The number of rotatable bonds is 6. The summed E-state index contributed by atoms with van der Waals surface area (Å²) in [5.74, 6) is 1.05. The lowest BCUT2D eigenvalue weighted by Crippen LogP contribution is -2.15. The predicted octanol–water partition coefficient (Wildman–Crippen LogP) is 3.46. The molecular formula is C14H23ClN2O2. The Kier molecular flexibility index (Phi) is 8.00. The molecule has 0 saturated carbocycles. The Morgan fingerprint density at radius 3 is 2.68 bits per heavy atom. The number of carbonyl (C=O) groups excluding carboxylic acids is 1. The Morgan fingerprint density at radius 2 is 2.16 bits per heavy atom. The maximum absolute atomic E-state index is 11.8. The molecule has 1 rings (SSSR count). The van der Waals surface area contributed by atoms with Crippen LogP contribution in [0.5, 0.6) is 5.75 Å². The quantitative estimate of drug-likeness (QED) is 0.787. The second kappa shape index (κ2) is 8.64. The number of benzene rings is 1. The first kappa shape index (κ1) is 17.6. The van der Waals surface area contributed by atoms with E-state index in [0.717, 1.165) is 12.8 Å². The van der Waals surface area contributed by atoms with Gasteiger partial charge in [-0.1, -0.05) is 26.7 Å². The molecule has 1 aromatic rings. The van der Waals surface area contributed by atoms with Crippen molar-refractivity contribution in [2.45, 2.75) is 33.1 Å². The van der Waals surface area contributed by atoms with E-state index >= 15 is 0 Å². The summed E-state index contributed by atoms with van der Waals surface area (Å²) < 4.78 is 5.06. The van der Waals surface area contributed by atoms with Crippen LogP contribution < -0.4 is 15.8 Å². The molecule has 0 radical (unpaired) electrons. The Bertz CT molecular complexity index is 410. The van der Waals surface area contributed by atoms with Gasteiger partial charge in [0.2, 0.25) is 5.91 Å². The van der Waals surface area contributed by atoms with Crippen molar-refractivity contribution in [1.82, 2.24) is 0 Å². The van der Waals surface area contributed by atoms with Crippen LogP contribution in [0.4, 0.5) is 11.4 Å². The van der Waals surface area contributed by atoms with Crippen molar-refractivity contribution in [3.63, 3.8) is 0 Å². The molecule has 19 heavy (non-hydrogen) atoms. The van der Waals surface area contributed by atoms with Crippen LogP contribution in [0.3, 0.4) is 0 Å². The standard InChI is InChI=1S/C14H22N2O2.ClH/c1-4-5-10(2)8-14(17)16-11-6-7-13(18-3)12(15)9-11;/h6-7,9-10H,4-5,8,15H2,1-3H3,(H,16,17);1H. The highest BCUT2D eigenvalue weighted by Gasteiger charge is 2.09. The van der Waals surface area contributed by atoms with Gasteiger partial charge in [0, 0.05) is 12.1 Å². The van der Waals surface area contributed by atoms with Crippen LogP contribution in [0.25, 0.3) is 0 Å². The van der Waals surface area contributed by atoms with Crippen molar-refractivity contribution in [2.24, 2.45) is 5.92 Å². The number of hydrogen-bond donors (Lipinski definition) is 2. The molecule has 0 bridgehead atoms. The number of nitrogens with one attached hydrogen (secondary N) is 1. The molecule has 1 unspecified atom stereocenters. The first-order chi connectivity index (χ1) is 8.56. The van der Waals surface area contributed by atoms with Crippen LogP contribution in [0.1, 0.15) is 33.1 Å². The van der Waals surface area contributed by atoms with Crippen LogP contribution >= 0.6 is 12.4 Å². The Labute approximate surface area is 121 Å². The number of halogens is 1. The van der Waals surface area contributed by atoms with Gasteiger partial charge in [-0.3, -0.25) is 4.79 Å². The lowest BCUT2D eigenvalue weighted by Gasteiger charge is -2.11. The molecule has 4 nitrogen and oxygen atoms in total. The molecule has 5 heteroatoms. The monoisotopic (exact) mass is 286 g/mol. The van der Waals surface area contributed by atoms with E-state index in [1.807, 2.05) is 0 Å². The van der Waals surface area contributed by atoms with Crippen molar-refractivity contribution < 1.29 is 9.53 Å². The molecule has 0 heterocycles. The second-order valence-electron chi connectivity index (χ2n) is 4.60. The second-order valence-corrected chi connectivity index (χ2v) is 4.60. The molecular weight excluding hydrogens is 264 g/mol. The SMILES string of the molecule is CCCC(C)CC(=O)Nc1ccc(OC)c(N)c1.Cl. The van der Waals surface area contributed by atoms with Crippen LogP contribution in [0.15, 0.2) is 18.2 Å². The molecule has 0 aromatic heterocycles. The van der Waals surface area contributed by atoms with Crippen LogP contribution in [0, 0.1) is 5.92 Å². The van der Waals surface area contributed by atoms with Crippen molar-refractivity contribution >= 4 is 29.7 Å². The number of methoxy groups -OCH3 is 1. The van der Waals surface area contributed by atoms with Gasteiger partial charge in [-0.2, -0.15) is 0 Å². The normalized spacial score (nSPS) is 11.3. The minimum atomic E-state index is 0. The molecule has 0 aliphatic heterocycles. The number of nitrogens with two attached hydrogens (primary N) is 1. The third-order valence-corrected chi connectivity index (χ3v) is 2.83. The van der Waals surface area contributed by atoms with Gasteiger partial charge in [0.25, 0.3) is 0 Å². The van der Waals surface area contributed by atoms with E-state index in [0.29, 0.717) is 29.5 Å². The van der Waals surface area contributed by atoms with Gasteiger partial charge in [-0.15, -0.1) is 12.4 Å². The van der Waals surface area contributed by atoms with E-state index in [2.05, 4.69) is 19.2 Å². The van der Waals surface area contributed by atoms with E-state index in [1.54, 1.807) is 25.3 Å². The number of nitrogen functional groups attached to an aromatic ring is 1. The zero-order valence-corrected chi connectivity index (χ0v) is 12.5.